The zero-order valence-electron chi connectivity index (χ0n) is 21.3. The number of nitrogens with one attached hydrogen (secondary N) is 1. The average Bonchev–Trinajstić information content (AvgIpc) is 3.32. The molecule has 0 saturated carbocycles. The molecule has 2 aromatic carbocycles. The molecule has 0 fully saturated rings. The normalized spacial score (nSPS) is 17.7. The molecule has 6 nitrogen and oxygen atoms in total. The van der Waals surface area contributed by atoms with Gasteiger partial charge in [-0.25, -0.2) is 4.98 Å². The van der Waals surface area contributed by atoms with E-state index in [9.17, 15) is 0 Å². The van der Waals surface area contributed by atoms with Gasteiger partial charge in [0.2, 0.25) is 0 Å². The summed E-state index contributed by atoms with van der Waals surface area (Å²) in [6, 6.07) is 17.7. The number of imidazole rings is 1. The van der Waals surface area contributed by atoms with Crippen molar-refractivity contribution in [2.45, 2.75) is 65.1 Å². The predicted molar refractivity (Wildman–Crippen MR) is 143 cm³/mol. The van der Waals surface area contributed by atoms with Gasteiger partial charge in [0.1, 0.15) is 24.4 Å². The summed E-state index contributed by atoms with van der Waals surface area (Å²) in [7, 11) is 2.69. The zero-order chi connectivity index (χ0) is 24.5. The minimum Gasteiger partial charge on any atom is -0.365 e. The third-order valence-electron chi connectivity index (χ3n) is 5.86. The molecule has 0 saturated heterocycles. The average molecular weight is 494 g/mol. The van der Waals surface area contributed by atoms with Crippen molar-refractivity contribution in [3.8, 4) is 0 Å². The van der Waals surface area contributed by atoms with Crippen LogP contribution >= 0.6 is 0 Å². The van der Waals surface area contributed by atoms with Gasteiger partial charge in [0.25, 0.3) is 0 Å². The van der Waals surface area contributed by atoms with Gasteiger partial charge in [-0.15, -0.1) is 0 Å². The van der Waals surface area contributed by atoms with Crippen LogP contribution in [0.1, 0.15) is 38.2 Å². The van der Waals surface area contributed by atoms with Gasteiger partial charge in [0, 0.05) is 20.2 Å². The van der Waals surface area contributed by atoms with Gasteiger partial charge in [-0.2, -0.15) is 5.01 Å². The molecular formula is C26H37N4O2Si2. The van der Waals surface area contributed by atoms with Crippen LogP contribution in [-0.4, -0.2) is 51.9 Å². The number of nitrogens with zero attached hydrogens (tertiary/aromatic N) is 3. The highest BCUT2D eigenvalue weighted by Crippen LogP contribution is 2.41. The molecule has 1 aliphatic rings. The summed E-state index contributed by atoms with van der Waals surface area (Å²) in [6.07, 6.45) is 0. The van der Waals surface area contributed by atoms with Crippen molar-refractivity contribution < 1.29 is 9.47 Å². The number of hydrogen-bond donors (Lipinski definition) is 1. The van der Waals surface area contributed by atoms with E-state index in [2.05, 4.69) is 102 Å². The Morgan fingerprint density at radius 2 is 1.79 bits per heavy atom. The van der Waals surface area contributed by atoms with Crippen LogP contribution in [0.3, 0.4) is 0 Å². The van der Waals surface area contributed by atoms with Crippen LogP contribution in [-0.2, 0) is 16.2 Å². The fourth-order valence-electron chi connectivity index (χ4n) is 4.03. The number of rotatable bonds is 9. The van der Waals surface area contributed by atoms with E-state index >= 15 is 0 Å². The van der Waals surface area contributed by atoms with Crippen LogP contribution in [0.2, 0.25) is 25.7 Å². The Bertz CT molecular complexity index is 1120. The fourth-order valence-corrected chi connectivity index (χ4v) is 5.08. The number of benzene rings is 2. The molecule has 3 aromatic rings. The molecule has 1 aromatic heterocycles. The molecule has 0 spiro atoms. The Balaban J connectivity index is 1.69. The van der Waals surface area contributed by atoms with Gasteiger partial charge in [-0.05, 0) is 29.7 Å². The summed E-state index contributed by atoms with van der Waals surface area (Å²) < 4.78 is 14.7. The largest absolute Gasteiger partial charge is 0.365 e. The molecule has 34 heavy (non-hydrogen) atoms. The number of hydrazine groups is 1. The smallest absolute Gasteiger partial charge is 0.135 e. The molecule has 4 rings (SSSR count). The number of para-hydroxylation sites is 3. The SMILES string of the molecule is CC(C)(C)COC([Si])N1Nc2ccccc2C1c1nc2ccccc2n1COCC[Si](C)(C)C. The van der Waals surface area contributed by atoms with Crippen LogP contribution < -0.4 is 5.43 Å². The quantitative estimate of drug-likeness (QED) is 0.311. The van der Waals surface area contributed by atoms with E-state index in [0.29, 0.717) is 13.3 Å². The molecule has 2 unspecified atom stereocenters. The molecule has 1 N–H and O–H groups in total. The van der Waals surface area contributed by atoms with Crippen molar-refractivity contribution >= 4 is 35.0 Å². The molecule has 3 radical (unpaired) electrons. The van der Waals surface area contributed by atoms with E-state index in [-0.39, 0.29) is 17.3 Å². The summed E-state index contributed by atoms with van der Waals surface area (Å²) in [5, 5.41) is 2.10. The minimum absolute atomic E-state index is 0.0598. The molecule has 1 aliphatic heterocycles. The number of aromatic nitrogens is 2. The highest BCUT2D eigenvalue weighted by Gasteiger charge is 2.38. The summed E-state index contributed by atoms with van der Waals surface area (Å²) in [6.45, 7) is 15.5. The third-order valence-corrected chi connectivity index (χ3v) is 8.00. The third kappa shape index (κ3) is 5.80. The van der Waals surface area contributed by atoms with E-state index in [1.54, 1.807) is 0 Å². The minimum atomic E-state index is -1.16. The van der Waals surface area contributed by atoms with Crippen LogP contribution in [0, 0.1) is 5.41 Å². The van der Waals surface area contributed by atoms with E-state index in [1.807, 2.05) is 12.1 Å². The lowest BCUT2D eigenvalue weighted by molar-refractivity contribution is -0.0334. The van der Waals surface area contributed by atoms with Crippen LogP contribution in [0.5, 0.6) is 0 Å². The summed E-state index contributed by atoms with van der Waals surface area (Å²) in [5.41, 5.74) is 7.89. The number of anilines is 1. The second-order valence-electron chi connectivity index (χ2n) is 11.5. The lowest BCUT2D eigenvalue weighted by Crippen LogP contribution is -2.43. The van der Waals surface area contributed by atoms with Crippen molar-refractivity contribution in [1.82, 2.24) is 14.6 Å². The van der Waals surface area contributed by atoms with E-state index in [4.69, 9.17) is 14.5 Å². The second kappa shape index (κ2) is 9.95. The van der Waals surface area contributed by atoms with Crippen molar-refractivity contribution in [1.29, 1.82) is 0 Å². The maximum absolute atomic E-state index is 6.24. The number of fused-ring (bicyclic) bond motifs is 2. The first-order valence-electron chi connectivity index (χ1n) is 12.0. The lowest BCUT2D eigenvalue weighted by Gasteiger charge is -2.32. The first-order valence-corrected chi connectivity index (χ1v) is 16.3. The van der Waals surface area contributed by atoms with Crippen LogP contribution in [0.15, 0.2) is 48.5 Å². The lowest BCUT2D eigenvalue weighted by atomic mass is 9.99. The van der Waals surface area contributed by atoms with Crippen LogP contribution in [0.4, 0.5) is 5.69 Å². The Hall–Kier alpha value is -1.98. The molecule has 8 heteroatoms. The first-order chi connectivity index (χ1) is 16.0. The van der Waals surface area contributed by atoms with Crippen molar-refractivity contribution in [3.05, 3.63) is 59.9 Å². The Morgan fingerprint density at radius 1 is 1.09 bits per heavy atom. The van der Waals surface area contributed by atoms with Gasteiger partial charge in [0.15, 0.2) is 0 Å². The summed E-state index contributed by atoms with van der Waals surface area (Å²) in [4.78, 5) is 5.10. The standard InChI is InChI=1S/C26H37N4O2Si2/c1-26(2,3)17-32-25(33)30-23(19-11-7-8-12-20(19)28-30)24-27-21-13-9-10-14-22(21)29(24)18-31-15-16-34(4,5)6/h7-14,23,25,28H,15-18H2,1-6H3. The topological polar surface area (TPSA) is 51.5 Å². The molecule has 181 valence electrons. The molecule has 2 heterocycles. The predicted octanol–water partition coefficient (Wildman–Crippen LogP) is 5.60. The first kappa shape index (κ1) is 25.1. The van der Waals surface area contributed by atoms with Crippen molar-refractivity contribution in [3.63, 3.8) is 0 Å². The summed E-state index contributed by atoms with van der Waals surface area (Å²) in [5.74, 6) is 0.604. The van der Waals surface area contributed by atoms with Crippen molar-refractivity contribution in [2.75, 3.05) is 18.6 Å². The van der Waals surface area contributed by atoms with Gasteiger partial charge in [-0.1, -0.05) is 70.7 Å². The van der Waals surface area contributed by atoms with Gasteiger partial charge < -0.3 is 19.5 Å². The fraction of sp³-hybridized carbons (Fsp3) is 0.500. The maximum atomic E-state index is 6.24. The molecule has 0 bridgehead atoms. The molecule has 2 atom stereocenters. The monoisotopic (exact) mass is 493 g/mol. The highest BCUT2D eigenvalue weighted by atomic mass is 28.3. The van der Waals surface area contributed by atoms with E-state index < -0.39 is 8.07 Å². The Labute approximate surface area is 208 Å². The Kier molecular flexibility index (Phi) is 7.35. The molecule has 0 aliphatic carbocycles. The van der Waals surface area contributed by atoms with Gasteiger partial charge >= 0.3 is 0 Å². The number of hydrogen-bond acceptors (Lipinski definition) is 5. The zero-order valence-corrected chi connectivity index (χ0v) is 23.3. The van der Waals surface area contributed by atoms with E-state index in [1.165, 1.54) is 5.56 Å². The van der Waals surface area contributed by atoms with E-state index in [0.717, 1.165) is 35.2 Å². The molecule has 0 amide bonds. The number of ether oxygens (including phenoxy) is 2. The summed E-state index contributed by atoms with van der Waals surface area (Å²) >= 11 is 0. The van der Waals surface area contributed by atoms with Gasteiger partial charge in [-0.3, -0.25) is 0 Å². The maximum Gasteiger partial charge on any atom is 0.135 e. The van der Waals surface area contributed by atoms with Gasteiger partial charge in [0.05, 0.1) is 33.6 Å². The molecular weight excluding hydrogens is 456 g/mol. The highest BCUT2D eigenvalue weighted by molar-refractivity contribution is 6.76. The van der Waals surface area contributed by atoms with Crippen LogP contribution in [0.25, 0.3) is 11.0 Å². The second-order valence-corrected chi connectivity index (χ2v) is 17.6. The van der Waals surface area contributed by atoms with Crippen molar-refractivity contribution in [2.24, 2.45) is 5.41 Å². The Morgan fingerprint density at radius 3 is 2.53 bits per heavy atom.